The maximum absolute atomic E-state index is 8.95. The first-order valence-electron chi connectivity index (χ1n) is 5.68. The van der Waals surface area contributed by atoms with Gasteiger partial charge in [-0.3, -0.25) is 0 Å². The third kappa shape index (κ3) is 3.32. The fourth-order valence-corrected chi connectivity index (χ4v) is 2.12. The van der Waals surface area contributed by atoms with E-state index in [1.807, 2.05) is 0 Å². The van der Waals surface area contributed by atoms with Crippen molar-refractivity contribution in [2.24, 2.45) is 5.73 Å². The molecule has 0 aliphatic heterocycles. The van der Waals surface area contributed by atoms with Crippen molar-refractivity contribution in [3.05, 3.63) is 23.9 Å². The number of nitrogens with one attached hydrogen (secondary N) is 1. The van der Waals surface area contributed by atoms with Gasteiger partial charge in [0.15, 0.2) is 0 Å². The summed E-state index contributed by atoms with van der Waals surface area (Å²) in [5.41, 5.74) is 6.63. The molecule has 1 saturated carbocycles. The summed E-state index contributed by atoms with van der Waals surface area (Å²) < 4.78 is 0. The Balaban J connectivity index is 0.00000144. The molecule has 0 bridgehead atoms. The molecule has 2 atom stereocenters. The number of nitrogens with zero attached hydrogens (tertiary/aromatic N) is 2. The largest absolute Gasteiger partial charge is 0.365 e. The molecule has 0 spiro atoms. The molecule has 1 aromatic rings. The van der Waals surface area contributed by atoms with Gasteiger partial charge in [-0.25, -0.2) is 4.98 Å². The summed E-state index contributed by atoms with van der Waals surface area (Å²) in [4.78, 5) is 4.19. The minimum absolute atomic E-state index is 0. The van der Waals surface area contributed by atoms with Gasteiger partial charge in [0.05, 0.1) is 5.56 Å². The Morgan fingerprint density at radius 2 is 2.18 bits per heavy atom. The predicted molar refractivity (Wildman–Crippen MR) is 70.1 cm³/mol. The van der Waals surface area contributed by atoms with E-state index in [9.17, 15) is 0 Å². The van der Waals surface area contributed by atoms with E-state index < -0.39 is 0 Å². The van der Waals surface area contributed by atoms with Gasteiger partial charge in [0.1, 0.15) is 11.9 Å². The van der Waals surface area contributed by atoms with Crippen molar-refractivity contribution in [3.63, 3.8) is 0 Å². The highest BCUT2D eigenvalue weighted by Crippen LogP contribution is 2.21. The van der Waals surface area contributed by atoms with Gasteiger partial charge in [-0.2, -0.15) is 5.26 Å². The van der Waals surface area contributed by atoms with E-state index in [0.29, 0.717) is 11.4 Å². The topological polar surface area (TPSA) is 74.7 Å². The zero-order valence-electron chi connectivity index (χ0n) is 9.60. The number of aromatic nitrogens is 1. The van der Waals surface area contributed by atoms with Crippen molar-refractivity contribution in [3.8, 4) is 6.07 Å². The van der Waals surface area contributed by atoms with Gasteiger partial charge in [-0.1, -0.05) is 12.8 Å². The zero-order chi connectivity index (χ0) is 11.4. The van der Waals surface area contributed by atoms with E-state index in [2.05, 4.69) is 16.4 Å². The van der Waals surface area contributed by atoms with Gasteiger partial charge in [0, 0.05) is 18.3 Å². The minimum Gasteiger partial charge on any atom is -0.365 e. The van der Waals surface area contributed by atoms with Crippen LogP contribution in [-0.2, 0) is 0 Å². The fourth-order valence-electron chi connectivity index (χ4n) is 2.12. The highest BCUT2D eigenvalue weighted by molar-refractivity contribution is 5.85. The molecule has 1 aliphatic carbocycles. The second-order valence-corrected chi connectivity index (χ2v) is 4.21. The number of pyridine rings is 1. The van der Waals surface area contributed by atoms with Crippen LogP contribution in [-0.4, -0.2) is 17.1 Å². The van der Waals surface area contributed by atoms with Crippen LogP contribution in [0.1, 0.15) is 31.2 Å². The first-order chi connectivity index (χ1) is 7.81. The van der Waals surface area contributed by atoms with Crippen LogP contribution in [0.3, 0.4) is 0 Å². The summed E-state index contributed by atoms with van der Waals surface area (Å²) in [6, 6.07) is 6.08. The standard InChI is InChI=1S/C12H16N4.ClH/c13-8-9-4-3-7-15-12(9)16-11-6-2-1-5-10(11)14;/h3-4,7,10-11H,1-2,5-6,14H2,(H,15,16);1H. The molecule has 1 aromatic heterocycles. The van der Waals surface area contributed by atoms with Crippen LogP contribution < -0.4 is 11.1 Å². The second kappa shape index (κ2) is 6.43. The van der Waals surface area contributed by atoms with Crippen LogP contribution >= 0.6 is 12.4 Å². The number of anilines is 1. The van der Waals surface area contributed by atoms with E-state index in [4.69, 9.17) is 11.0 Å². The van der Waals surface area contributed by atoms with E-state index in [1.165, 1.54) is 12.8 Å². The van der Waals surface area contributed by atoms with Crippen molar-refractivity contribution in [1.29, 1.82) is 5.26 Å². The molecule has 0 amide bonds. The summed E-state index contributed by atoms with van der Waals surface area (Å²) in [5, 5.41) is 12.2. The molecular weight excluding hydrogens is 236 g/mol. The maximum atomic E-state index is 8.95. The molecule has 0 saturated heterocycles. The molecule has 0 aromatic carbocycles. The molecule has 1 heterocycles. The van der Waals surface area contributed by atoms with Gasteiger partial charge < -0.3 is 11.1 Å². The lowest BCUT2D eigenvalue weighted by atomic mass is 9.91. The van der Waals surface area contributed by atoms with Crippen LogP contribution in [0.2, 0.25) is 0 Å². The second-order valence-electron chi connectivity index (χ2n) is 4.21. The third-order valence-corrected chi connectivity index (χ3v) is 3.07. The normalized spacial score (nSPS) is 23.3. The van der Waals surface area contributed by atoms with Crippen LogP contribution in [0, 0.1) is 11.3 Å². The number of rotatable bonds is 2. The Morgan fingerprint density at radius 1 is 1.41 bits per heavy atom. The SMILES string of the molecule is Cl.N#Cc1cccnc1NC1CCCCC1N. The van der Waals surface area contributed by atoms with Crippen molar-refractivity contribution in [1.82, 2.24) is 4.98 Å². The number of hydrogen-bond acceptors (Lipinski definition) is 4. The highest BCUT2D eigenvalue weighted by atomic mass is 35.5. The summed E-state index contributed by atoms with van der Waals surface area (Å²) in [6.45, 7) is 0. The Kier molecular flexibility index (Phi) is 5.20. The Bertz CT molecular complexity index is 402. The molecule has 92 valence electrons. The molecule has 2 rings (SSSR count). The van der Waals surface area contributed by atoms with Gasteiger partial charge in [-0.15, -0.1) is 12.4 Å². The molecule has 2 unspecified atom stereocenters. The molecular formula is C12H17ClN4. The van der Waals surface area contributed by atoms with Gasteiger partial charge in [0.25, 0.3) is 0 Å². The van der Waals surface area contributed by atoms with E-state index >= 15 is 0 Å². The fraction of sp³-hybridized carbons (Fsp3) is 0.500. The molecule has 17 heavy (non-hydrogen) atoms. The Labute approximate surface area is 108 Å². The predicted octanol–water partition coefficient (Wildman–Crippen LogP) is 2.06. The lowest BCUT2D eigenvalue weighted by Crippen LogP contribution is -2.42. The molecule has 1 aliphatic rings. The lowest BCUT2D eigenvalue weighted by molar-refractivity contribution is 0.403. The van der Waals surface area contributed by atoms with Crippen molar-refractivity contribution in [2.75, 3.05) is 5.32 Å². The summed E-state index contributed by atoms with van der Waals surface area (Å²) in [5.74, 6) is 0.660. The van der Waals surface area contributed by atoms with E-state index in [0.717, 1.165) is 12.8 Å². The number of hydrogen-bond donors (Lipinski definition) is 2. The number of halogens is 1. The van der Waals surface area contributed by atoms with E-state index in [-0.39, 0.29) is 24.5 Å². The number of nitrogens with two attached hydrogens (primary N) is 1. The van der Waals surface area contributed by atoms with Crippen LogP contribution in [0.25, 0.3) is 0 Å². The van der Waals surface area contributed by atoms with E-state index in [1.54, 1.807) is 18.3 Å². The van der Waals surface area contributed by atoms with Crippen LogP contribution in [0.4, 0.5) is 5.82 Å². The van der Waals surface area contributed by atoms with Crippen molar-refractivity contribution in [2.45, 2.75) is 37.8 Å². The third-order valence-electron chi connectivity index (χ3n) is 3.07. The van der Waals surface area contributed by atoms with Crippen LogP contribution in [0.5, 0.6) is 0 Å². The zero-order valence-corrected chi connectivity index (χ0v) is 10.4. The van der Waals surface area contributed by atoms with Crippen LogP contribution in [0.15, 0.2) is 18.3 Å². The minimum atomic E-state index is 0. The molecule has 3 N–H and O–H groups in total. The monoisotopic (exact) mass is 252 g/mol. The first-order valence-corrected chi connectivity index (χ1v) is 5.68. The van der Waals surface area contributed by atoms with Gasteiger partial charge in [0.2, 0.25) is 0 Å². The van der Waals surface area contributed by atoms with Crippen molar-refractivity contribution >= 4 is 18.2 Å². The summed E-state index contributed by atoms with van der Waals surface area (Å²) in [7, 11) is 0. The molecule has 5 heteroatoms. The van der Waals surface area contributed by atoms with Gasteiger partial charge in [-0.05, 0) is 25.0 Å². The summed E-state index contributed by atoms with van der Waals surface area (Å²) in [6.07, 6.45) is 6.19. The summed E-state index contributed by atoms with van der Waals surface area (Å²) >= 11 is 0. The average molecular weight is 253 g/mol. The highest BCUT2D eigenvalue weighted by Gasteiger charge is 2.22. The molecule has 4 nitrogen and oxygen atoms in total. The first kappa shape index (κ1) is 13.8. The molecule has 0 radical (unpaired) electrons. The van der Waals surface area contributed by atoms with Gasteiger partial charge >= 0.3 is 0 Å². The maximum Gasteiger partial charge on any atom is 0.144 e. The quantitative estimate of drug-likeness (QED) is 0.845. The molecule has 1 fully saturated rings. The Hall–Kier alpha value is -1.31. The smallest absolute Gasteiger partial charge is 0.144 e. The lowest BCUT2D eigenvalue weighted by Gasteiger charge is -2.29. The Morgan fingerprint density at radius 3 is 2.88 bits per heavy atom. The number of nitriles is 1. The van der Waals surface area contributed by atoms with Crippen molar-refractivity contribution < 1.29 is 0 Å². The average Bonchev–Trinajstić information content (AvgIpc) is 2.33.